The lowest BCUT2D eigenvalue weighted by Crippen LogP contribution is -2.38. The van der Waals surface area contributed by atoms with Crippen molar-refractivity contribution in [3.8, 4) is 0 Å². The Labute approximate surface area is 132 Å². The van der Waals surface area contributed by atoms with Gasteiger partial charge < -0.3 is 10.2 Å². The molecule has 6 heteroatoms. The Kier molecular flexibility index (Phi) is 3.87. The Morgan fingerprint density at radius 3 is 3.10 bits per heavy atom. The first-order valence-electron chi connectivity index (χ1n) is 6.82. The molecular weight excluding hydrogens is 306 g/mol. The van der Waals surface area contributed by atoms with Crippen molar-refractivity contribution in [3.63, 3.8) is 0 Å². The number of anilines is 1. The number of pyridine rings is 1. The number of carbonyl (C=O) groups is 1. The average molecular weight is 322 g/mol. The van der Waals surface area contributed by atoms with Crippen molar-refractivity contribution in [2.24, 2.45) is 0 Å². The van der Waals surface area contributed by atoms with Crippen LogP contribution < -0.4 is 5.32 Å². The lowest BCUT2D eigenvalue weighted by atomic mass is 10.0. The van der Waals surface area contributed by atoms with Crippen LogP contribution in [0.15, 0.2) is 23.7 Å². The number of aromatic nitrogens is 1. The van der Waals surface area contributed by atoms with Gasteiger partial charge in [0.15, 0.2) is 0 Å². The molecular formula is C15H16ClN3OS. The zero-order chi connectivity index (χ0) is 15.0. The molecule has 1 aliphatic rings. The third-order valence-electron chi connectivity index (χ3n) is 3.86. The molecule has 0 saturated heterocycles. The molecule has 3 heterocycles. The summed E-state index contributed by atoms with van der Waals surface area (Å²) in [6, 6.07) is 3.88. The number of nitrogens with zero attached hydrogens (tertiary/aromatic N) is 2. The second kappa shape index (κ2) is 5.66. The first kappa shape index (κ1) is 14.4. The first-order valence-corrected chi connectivity index (χ1v) is 8.08. The molecule has 0 saturated carbocycles. The normalized spacial score (nSPS) is 17.5. The Morgan fingerprint density at radius 2 is 2.38 bits per heavy atom. The highest BCUT2D eigenvalue weighted by molar-refractivity contribution is 7.10. The second-order valence-electron chi connectivity index (χ2n) is 5.03. The van der Waals surface area contributed by atoms with Gasteiger partial charge in [0.1, 0.15) is 5.82 Å². The van der Waals surface area contributed by atoms with E-state index in [4.69, 9.17) is 11.6 Å². The van der Waals surface area contributed by atoms with Crippen molar-refractivity contribution in [1.29, 1.82) is 0 Å². The molecule has 1 aliphatic heterocycles. The van der Waals surface area contributed by atoms with Crippen LogP contribution in [-0.4, -0.2) is 29.4 Å². The van der Waals surface area contributed by atoms with Crippen molar-refractivity contribution in [2.75, 3.05) is 18.9 Å². The topological polar surface area (TPSA) is 45.2 Å². The van der Waals surface area contributed by atoms with E-state index in [0.717, 1.165) is 13.0 Å². The summed E-state index contributed by atoms with van der Waals surface area (Å²) in [7, 11) is 1.75. The molecule has 1 unspecified atom stereocenters. The summed E-state index contributed by atoms with van der Waals surface area (Å²) in [5, 5.41) is 5.45. The van der Waals surface area contributed by atoms with Crippen LogP contribution in [0.4, 0.5) is 5.82 Å². The van der Waals surface area contributed by atoms with Crippen molar-refractivity contribution in [1.82, 2.24) is 9.88 Å². The summed E-state index contributed by atoms with van der Waals surface area (Å²) < 4.78 is 0. The maximum atomic E-state index is 12.7. The number of hydrogen-bond donors (Lipinski definition) is 1. The molecule has 1 amide bonds. The van der Waals surface area contributed by atoms with E-state index in [2.05, 4.69) is 28.7 Å². The maximum absolute atomic E-state index is 12.7. The number of thiophene rings is 1. The van der Waals surface area contributed by atoms with Crippen molar-refractivity contribution >= 4 is 34.7 Å². The second-order valence-corrected chi connectivity index (χ2v) is 6.44. The van der Waals surface area contributed by atoms with Gasteiger partial charge in [-0.1, -0.05) is 11.6 Å². The summed E-state index contributed by atoms with van der Waals surface area (Å²) in [4.78, 5) is 20.2. The van der Waals surface area contributed by atoms with Crippen LogP contribution in [0.25, 0.3) is 0 Å². The quantitative estimate of drug-likeness (QED) is 0.919. The molecule has 0 spiro atoms. The number of rotatable bonds is 2. The summed E-state index contributed by atoms with van der Waals surface area (Å²) in [5.74, 6) is 0.566. The third-order valence-corrected chi connectivity index (χ3v) is 5.15. The fraction of sp³-hybridized carbons (Fsp3) is 0.333. The lowest BCUT2D eigenvalue weighted by Gasteiger charge is -2.33. The van der Waals surface area contributed by atoms with Crippen LogP contribution in [-0.2, 0) is 6.42 Å². The molecule has 0 fully saturated rings. The van der Waals surface area contributed by atoms with Gasteiger partial charge in [0.25, 0.3) is 5.91 Å². The van der Waals surface area contributed by atoms with Gasteiger partial charge in [0, 0.05) is 24.7 Å². The highest BCUT2D eigenvalue weighted by Crippen LogP contribution is 2.34. The van der Waals surface area contributed by atoms with Crippen LogP contribution in [0.2, 0.25) is 5.02 Å². The molecule has 110 valence electrons. The van der Waals surface area contributed by atoms with Gasteiger partial charge in [0.2, 0.25) is 0 Å². The summed E-state index contributed by atoms with van der Waals surface area (Å²) in [6.07, 6.45) is 2.49. The molecule has 4 nitrogen and oxygen atoms in total. The maximum Gasteiger partial charge on any atom is 0.255 e. The van der Waals surface area contributed by atoms with Crippen LogP contribution in [0.1, 0.15) is 33.8 Å². The van der Waals surface area contributed by atoms with Gasteiger partial charge in [0.05, 0.1) is 16.6 Å². The molecule has 1 N–H and O–H groups in total. The van der Waals surface area contributed by atoms with Crippen LogP contribution in [0.5, 0.6) is 0 Å². The van der Waals surface area contributed by atoms with Gasteiger partial charge in [-0.05, 0) is 36.4 Å². The van der Waals surface area contributed by atoms with Gasteiger partial charge in [-0.15, -0.1) is 11.3 Å². The van der Waals surface area contributed by atoms with Gasteiger partial charge in [-0.3, -0.25) is 4.79 Å². The SMILES string of the molecule is CNc1ncc(C(=O)N2CCc3sccc3C2C)cc1Cl. The highest BCUT2D eigenvalue weighted by atomic mass is 35.5. The molecule has 2 aromatic rings. The Hall–Kier alpha value is -1.59. The van der Waals surface area contributed by atoms with Crippen molar-refractivity contribution in [2.45, 2.75) is 19.4 Å². The monoisotopic (exact) mass is 321 g/mol. The van der Waals surface area contributed by atoms with E-state index >= 15 is 0 Å². The largest absolute Gasteiger partial charge is 0.372 e. The Morgan fingerprint density at radius 1 is 1.57 bits per heavy atom. The first-order chi connectivity index (χ1) is 10.1. The zero-order valence-corrected chi connectivity index (χ0v) is 13.5. The summed E-state index contributed by atoms with van der Waals surface area (Å²) >= 11 is 7.88. The smallest absolute Gasteiger partial charge is 0.255 e. The molecule has 0 aliphatic carbocycles. The third kappa shape index (κ3) is 2.51. The minimum absolute atomic E-state index is 0.0172. The van der Waals surface area contributed by atoms with E-state index in [-0.39, 0.29) is 11.9 Å². The van der Waals surface area contributed by atoms with Crippen LogP contribution in [0.3, 0.4) is 0 Å². The van der Waals surface area contributed by atoms with E-state index in [0.29, 0.717) is 16.4 Å². The van der Waals surface area contributed by atoms with Crippen molar-refractivity contribution in [3.05, 3.63) is 44.7 Å². The predicted octanol–water partition coefficient (Wildman–Crippen LogP) is 3.60. The number of hydrogen-bond acceptors (Lipinski definition) is 4. The van der Waals surface area contributed by atoms with E-state index in [1.807, 2.05) is 4.90 Å². The fourth-order valence-electron chi connectivity index (χ4n) is 2.69. The Balaban J connectivity index is 1.88. The number of carbonyl (C=O) groups excluding carboxylic acids is 1. The van der Waals surface area contributed by atoms with Crippen LogP contribution in [0, 0.1) is 0 Å². The number of amides is 1. The standard InChI is InChI=1S/C15H16ClN3OS/c1-9-11-4-6-21-13(11)3-5-19(9)15(20)10-7-12(16)14(17-2)18-8-10/h4,6-9H,3,5H2,1-2H3,(H,17,18). The number of fused-ring (bicyclic) bond motifs is 1. The van der Waals surface area contributed by atoms with Crippen molar-refractivity contribution < 1.29 is 4.79 Å². The molecule has 1 atom stereocenters. The summed E-state index contributed by atoms with van der Waals surface area (Å²) in [5.41, 5.74) is 1.79. The summed E-state index contributed by atoms with van der Waals surface area (Å²) in [6.45, 7) is 2.80. The number of halogens is 1. The Bertz CT molecular complexity index is 685. The minimum atomic E-state index is -0.0172. The fourth-order valence-corrected chi connectivity index (χ4v) is 3.92. The lowest BCUT2D eigenvalue weighted by molar-refractivity contribution is 0.0679. The molecule has 0 radical (unpaired) electrons. The molecule has 3 rings (SSSR count). The highest BCUT2D eigenvalue weighted by Gasteiger charge is 2.29. The van der Waals surface area contributed by atoms with E-state index in [1.165, 1.54) is 10.4 Å². The van der Waals surface area contributed by atoms with E-state index < -0.39 is 0 Å². The van der Waals surface area contributed by atoms with E-state index in [9.17, 15) is 4.79 Å². The van der Waals surface area contributed by atoms with Crippen LogP contribution >= 0.6 is 22.9 Å². The van der Waals surface area contributed by atoms with Gasteiger partial charge in [-0.2, -0.15) is 0 Å². The van der Waals surface area contributed by atoms with Gasteiger partial charge >= 0.3 is 0 Å². The molecule has 0 aromatic carbocycles. The number of nitrogens with one attached hydrogen (secondary N) is 1. The molecule has 21 heavy (non-hydrogen) atoms. The molecule has 0 bridgehead atoms. The molecule has 2 aromatic heterocycles. The van der Waals surface area contributed by atoms with Gasteiger partial charge in [-0.25, -0.2) is 4.98 Å². The zero-order valence-electron chi connectivity index (χ0n) is 11.9. The predicted molar refractivity (Wildman–Crippen MR) is 86.3 cm³/mol. The average Bonchev–Trinajstić information content (AvgIpc) is 2.96. The van der Waals surface area contributed by atoms with E-state index in [1.54, 1.807) is 30.6 Å². The minimum Gasteiger partial charge on any atom is -0.372 e.